The first-order chi connectivity index (χ1) is 7.98. The molecule has 17 heavy (non-hydrogen) atoms. The number of aromatic nitrogens is 1. The van der Waals surface area contributed by atoms with Gasteiger partial charge in [0.1, 0.15) is 5.75 Å². The van der Waals surface area contributed by atoms with Gasteiger partial charge in [0, 0.05) is 11.0 Å². The van der Waals surface area contributed by atoms with Crippen LogP contribution in [0.25, 0.3) is 0 Å². The van der Waals surface area contributed by atoms with Gasteiger partial charge in [0.15, 0.2) is 0 Å². The van der Waals surface area contributed by atoms with Crippen LogP contribution in [0.4, 0.5) is 0 Å². The van der Waals surface area contributed by atoms with E-state index in [0.717, 1.165) is 17.1 Å². The molecule has 0 atom stereocenters. The number of hydrogen-bond donors (Lipinski definition) is 0. The molecule has 0 amide bonds. The highest BCUT2D eigenvalue weighted by Crippen LogP contribution is 2.22. The lowest BCUT2D eigenvalue weighted by Gasteiger charge is -2.16. The zero-order valence-electron chi connectivity index (χ0n) is 10.5. The van der Waals surface area contributed by atoms with Crippen LogP contribution in [0.2, 0.25) is 0 Å². The van der Waals surface area contributed by atoms with Crippen molar-refractivity contribution in [3.8, 4) is 11.8 Å². The highest BCUT2D eigenvalue weighted by molar-refractivity contribution is 9.08. The largest absolute Gasteiger partial charge is 0.492 e. The van der Waals surface area contributed by atoms with Gasteiger partial charge in [0.25, 0.3) is 0 Å². The van der Waals surface area contributed by atoms with E-state index in [-0.39, 0.29) is 5.41 Å². The van der Waals surface area contributed by atoms with E-state index in [1.165, 1.54) is 0 Å². The molecule has 0 aromatic carbocycles. The predicted octanol–water partition coefficient (Wildman–Crippen LogP) is 3.60. The summed E-state index contributed by atoms with van der Waals surface area (Å²) in [6.45, 7) is 6.31. The lowest BCUT2D eigenvalue weighted by atomic mass is 9.92. The van der Waals surface area contributed by atoms with Crippen LogP contribution >= 0.6 is 15.9 Å². The fourth-order valence-corrected chi connectivity index (χ4v) is 1.70. The normalized spacial score (nSPS) is 11.0. The summed E-state index contributed by atoms with van der Waals surface area (Å²) in [6.07, 6.45) is 0.707. The van der Waals surface area contributed by atoms with E-state index in [9.17, 15) is 0 Å². The second-order valence-corrected chi connectivity index (χ2v) is 5.19. The van der Waals surface area contributed by atoms with Crippen LogP contribution in [0, 0.1) is 23.7 Å². The molecule has 0 saturated heterocycles. The minimum Gasteiger partial charge on any atom is -0.492 e. The van der Waals surface area contributed by atoms with Crippen molar-refractivity contribution in [3.63, 3.8) is 0 Å². The zero-order valence-corrected chi connectivity index (χ0v) is 12.0. The van der Waals surface area contributed by atoms with Crippen molar-refractivity contribution >= 4 is 15.9 Å². The van der Waals surface area contributed by atoms with E-state index in [1.54, 1.807) is 0 Å². The second-order valence-electron chi connectivity index (χ2n) is 4.63. The number of halogens is 1. The van der Waals surface area contributed by atoms with Gasteiger partial charge in [0.2, 0.25) is 0 Å². The highest BCUT2D eigenvalue weighted by atomic mass is 79.9. The van der Waals surface area contributed by atoms with E-state index in [0.29, 0.717) is 18.4 Å². The van der Waals surface area contributed by atoms with Gasteiger partial charge >= 0.3 is 0 Å². The van der Waals surface area contributed by atoms with Gasteiger partial charge in [-0.25, -0.2) is 0 Å². The monoisotopic (exact) mass is 296 g/mol. The number of nitriles is 1. The Morgan fingerprint density at radius 2 is 2.18 bits per heavy atom. The summed E-state index contributed by atoms with van der Waals surface area (Å²) in [7, 11) is 0. The molecule has 0 N–H and O–H groups in total. The van der Waals surface area contributed by atoms with Gasteiger partial charge in [-0.1, -0.05) is 15.9 Å². The standard InChI is InChI=1S/C13H17BrN2O/c1-10-4-5-12(11(8-14)16-10)17-7-6-13(2,3)9-15/h4-5H,6-8H2,1-3H3. The number of pyridine rings is 1. The molecule has 0 bridgehead atoms. The summed E-state index contributed by atoms with van der Waals surface area (Å²) in [5.74, 6) is 0.793. The number of hydrogen-bond acceptors (Lipinski definition) is 3. The first kappa shape index (κ1) is 14.0. The lowest BCUT2D eigenvalue weighted by molar-refractivity contribution is 0.262. The second kappa shape index (κ2) is 6.02. The van der Waals surface area contributed by atoms with Gasteiger partial charge < -0.3 is 4.74 Å². The Hall–Kier alpha value is -1.08. The molecule has 0 radical (unpaired) electrons. The van der Waals surface area contributed by atoms with Crippen molar-refractivity contribution in [3.05, 3.63) is 23.5 Å². The van der Waals surface area contributed by atoms with Crippen LogP contribution in [0.1, 0.15) is 31.7 Å². The Kier molecular flexibility index (Phi) is 4.95. The maximum absolute atomic E-state index is 8.90. The van der Waals surface area contributed by atoms with Crippen molar-refractivity contribution in [1.82, 2.24) is 4.98 Å². The number of ether oxygens (including phenoxy) is 1. The number of rotatable bonds is 5. The van der Waals surface area contributed by atoms with E-state index < -0.39 is 0 Å². The van der Waals surface area contributed by atoms with Crippen molar-refractivity contribution in [1.29, 1.82) is 5.26 Å². The molecule has 1 aromatic heterocycles. The summed E-state index contributed by atoms with van der Waals surface area (Å²) in [5, 5.41) is 9.58. The third-order valence-corrected chi connectivity index (χ3v) is 3.02. The Bertz CT molecular complexity index is 424. The smallest absolute Gasteiger partial charge is 0.141 e. The van der Waals surface area contributed by atoms with Gasteiger partial charge in [-0.15, -0.1) is 0 Å². The molecular formula is C13H17BrN2O. The van der Waals surface area contributed by atoms with E-state index >= 15 is 0 Å². The van der Waals surface area contributed by atoms with Gasteiger partial charge in [0.05, 0.1) is 23.8 Å². The molecule has 4 heteroatoms. The van der Waals surface area contributed by atoms with Crippen LogP contribution < -0.4 is 4.74 Å². The molecule has 0 saturated carbocycles. The Morgan fingerprint density at radius 3 is 2.76 bits per heavy atom. The SMILES string of the molecule is Cc1ccc(OCCC(C)(C)C#N)c(CBr)n1. The molecule has 92 valence electrons. The van der Waals surface area contributed by atoms with Gasteiger partial charge in [-0.3, -0.25) is 4.98 Å². The van der Waals surface area contributed by atoms with Gasteiger partial charge in [-0.2, -0.15) is 5.26 Å². The van der Waals surface area contributed by atoms with E-state index in [4.69, 9.17) is 10.00 Å². The molecule has 1 aromatic rings. The number of aryl methyl sites for hydroxylation is 1. The molecule has 0 spiro atoms. The van der Waals surface area contributed by atoms with Crippen LogP contribution in [0.5, 0.6) is 5.75 Å². The molecule has 0 aliphatic carbocycles. The Labute approximate surface area is 111 Å². The summed E-state index contributed by atoms with van der Waals surface area (Å²) in [6, 6.07) is 6.12. The highest BCUT2D eigenvalue weighted by Gasteiger charge is 2.16. The third kappa shape index (κ3) is 4.35. The van der Waals surface area contributed by atoms with Crippen molar-refractivity contribution in [2.45, 2.75) is 32.5 Å². The molecule has 3 nitrogen and oxygen atoms in total. The lowest BCUT2D eigenvalue weighted by Crippen LogP contribution is -2.13. The number of nitrogens with zero attached hydrogens (tertiary/aromatic N) is 2. The third-order valence-electron chi connectivity index (χ3n) is 2.49. The van der Waals surface area contributed by atoms with Crippen molar-refractivity contribution in [2.75, 3.05) is 6.61 Å². The first-order valence-corrected chi connectivity index (χ1v) is 6.67. The molecule has 0 aliphatic rings. The Morgan fingerprint density at radius 1 is 1.47 bits per heavy atom. The fraction of sp³-hybridized carbons (Fsp3) is 0.538. The van der Waals surface area contributed by atoms with Crippen LogP contribution in [-0.4, -0.2) is 11.6 Å². The maximum atomic E-state index is 8.90. The zero-order chi connectivity index (χ0) is 12.9. The summed E-state index contributed by atoms with van der Waals surface area (Å²) in [5.41, 5.74) is 1.54. The van der Waals surface area contributed by atoms with Crippen molar-refractivity contribution < 1.29 is 4.74 Å². The number of alkyl halides is 1. The molecule has 0 unspecified atom stereocenters. The summed E-state index contributed by atoms with van der Waals surface area (Å²) >= 11 is 3.39. The quantitative estimate of drug-likeness (QED) is 0.780. The van der Waals surface area contributed by atoms with E-state index in [2.05, 4.69) is 27.0 Å². The van der Waals surface area contributed by atoms with E-state index in [1.807, 2.05) is 32.9 Å². The Balaban J connectivity index is 2.61. The van der Waals surface area contributed by atoms with Crippen molar-refractivity contribution in [2.24, 2.45) is 5.41 Å². The van der Waals surface area contributed by atoms with Gasteiger partial charge in [-0.05, 0) is 39.3 Å². The molecule has 0 aliphatic heterocycles. The minimum absolute atomic E-state index is 0.341. The topological polar surface area (TPSA) is 45.9 Å². The minimum atomic E-state index is -0.341. The van der Waals surface area contributed by atoms with Crippen LogP contribution in [0.3, 0.4) is 0 Å². The first-order valence-electron chi connectivity index (χ1n) is 5.55. The molecule has 0 fully saturated rings. The average molecular weight is 297 g/mol. The summed E-state index contributed by atoms with van der Waals surface area (Å²) < 4.78 is 5.68. The average Bonchev–Trinajstić information content (AvgIpc) is 2.30. The fourth-order valence-electron chi connectivity index (χ4n) is 1.30. The van der Waals surface area contributed by atoms with Crippen LogP contribution in [-0.2, 0) is 5.33 Å². The molecule has 1 heterocycles. The molecular weight excluding hydrogens is 280 g/mol. The van der Waals surface area contributed by atoms with Crippen LogP contribution in [0.15, 0.2) is 12.1 Å². The molecule has 1 rings (SSSR count). The predicted molar refractivity (Wildman–Crippen MR) is 71.1 cm³/mol. The maximum Gasteiger partial charge on any atom is 0.141 e. The summed E-state index contributed by atoms with van der Waals surface area (Å²) in [4.78, 5) is 4.39.